The molecule has 1 N–H and O–H groups in total. The first-order valence-corrected chi connectivity index (χ1v) is 7.72. The zero-order valence-electron chi connectivity index (χ0n) is 13.3. The van der Waals surface area contributed by atoms with Gasteiger partial charge in [-0.3, -0.25) is 4.79 Å². The zero-order valence-corrected chi connectivity index (χ0v) is 13.3. The first-order valence-electron chi connectivity index (χ1n) is 7.72. The molecule has 0 saturated carbocycles. The molecule has 126 valence electrons. The molecule has 1 unspecified atom stereocenters. The summed E-state index contributed by atoms with van der Waals surface area (Å²) in [6.07, 6.45) is -0.108. The number of rotatable bonds is 3. The van der Waals surface area contributed by atoms with Crippen LogP contribution in [0.4, 0.5) is 10.1 Å². The highest BCUT2D eigenvalue weighted by Crippen LogP contribution is 2.29. The zero-order chi connectivity index (χ0) is 17.4. The Hall–Kier alpha value is -3.29. The summed E-state index contributed by atoms with van der Waals surface area (Å²) in [7, 11) is 0. The molecule has 8 heteroatoms. The number of fused-ring (bicyclic) bond motifs is 1. The molecule has 7 nitrogen and oxygen atoms in total. The highest BCUT2D eigenvalue weighted by atomic mass is 19.1. The van der Waals surface area contributed by atoms with Crippen molar-refractivity contribution >= 4 is 11.6 Å². The van der Waals surface area contributed by atoms with Crippen LogP contribution in [-0.2, 0) is 11.2 Å². The van der Waals surface area contributed by atoms with Crippen LogP contribution >= 0.6 is 0 Å². The number of ether oxygens (including phenoxy) is 1. The molecule has 0 spiro atoms. The van der Waals surface area contributed by atoms with Crippen LogP contribution < -0.4 is 10.1 Å². The fourth-order valence-electron chi connectivity index (χ4n) is 2.76. The number of amides is 1. The number of aryl methyl sites for hydroxylation is 1. The van der Waals surface area contributed by atoms with Gasteiger partial charge in [-0.05, 0) is 47.2 Å². The predicted octanol–water partition coefficient (Wildman–Crippen LogP) is 2.05. The van der Waals surface area contributed by atoms with Crippen LogP contribution in [-0.4, -0.2) is 32.2 Å². The molecule has 1 aromatic heterocycles. The summed E-state index contributed by atoms with van der Waals surface area (Å²) >= 11 is 0. The van der Waals surface area contributed by atoms with E-state index in [1.165, 1.54) is 22.9 Å². The lowest BCUT2D eigenvalue weighted by atomic mass is 10.1. The SMILES string of the molecule is Cc1nnnn1-c1cc(NC(=O)C2Cc3ccccc3O2)ccc1F. The van der Waals surface area contributed by atoms with Crippen LogP contribution in [0.5, 0.6) is 5.75 Å². The quantitative estimate of drug-likeness (QED) is 0.790. The van der Waals surface area contributed by atoms with Crippen LogP contribution in [0.3, 0.4) is 0 Å². The van der Waals surface area contributed by atoms with Gasteiger partial charge in [0.2, 0.25) is 0 Å². The molecule has 4 rings (SSSR count). The number of hydrogen-bond acceptors (Lipinski definition) is 5. The lowest BCUT2D eigenvalue weighted by Gasteiger charge is -2.12. The monoisotopic (exact) mass is 339 g/mol. The summed E-state index contributed by atoms with van der Waals surface area (Å²) in [6.45, 7) is 1.66. The summed E-state index contributed by atoms with van der Waals surface area (Å²) in [4.78, 5) is 12.5. The maximum atomic E-state index is 14.1. The van der Waals surface area contributed by atoms with E-state index in [-0.39, 0.29) is 11.6 Å². The number of hydrogen-bond donors (Lipinski definition) is 1. The van der Waals surface area contributed by atoms with Crippen LogP contribution in [0, 0.1) is 12.7 Å². The van der Waals surface area contributed by atoms with Gasteiger partial charge in [0.15, 0.2) is 11.9 Å². The molecule has 1 aliphatic rings. The van der Waals surface area contributed by atoms with Crippen molar-refractivity contribution in [2.75, 3.05) is 5.32 Å². The second kappa shape index (κ2) is 5.97. The molecule has 3 aromatic rings. The van der Waals surface area contributed by atoms with Crippen molar-refractivity contribution in [1.29, 1.82) is 0 Å². The van der Waals surface area contributed by atoms with Gasteiger partial charge in [-0.2, -0.15) is 4.68 Å². The lowest BCUT2D eigenvalue weighted by Crippen LogP contribution is -2.31. The van der Waals surface area contributed by atoms with E-state index in [4.69, 9.17) is 4.74 Å². The molecular formula is C17H14FN5O2. The highest BCUT2D eigenvalue weighted by Gasteiger charge is 2.29. The average molecular weight is 339 g/mol. The van der Waals surface area contributed by atoms with Gasteiger partial charge in [0.25, 0.3) is 5.91 Å². The number of carbonyl (C=O) groups is 1. The van der Waals surface area contributed by atoms with E-state index in [0.29, 0.717) is 23.7 Å². The Morgan fingerprint density at radius 1 is 1.32 bits per heavy atom. The largest absolute Gasteiger partial charge is 0.480 e. The second-order valence-electron chi connectivity index (χ2n) is 5.71. The minimum Gasteiger partial charge on any atom is -0.480 e. The molecule has 1 aliphatic heterocycles. The third kappa shape index (κ3) is 2.82. The molecule has 1 atom stereocenters. The van der Waals surface area contributed by atoms with E-state index >= 15 is 0 Å². The number of benzene rings is 2. The van der Waals surface area contributed by atoms with E-state index in [1.54, 1.807) is 6.92 Å². The summed E-state index contributed by atoms with van der Waals surface area (Å²) in [5.41, 5.74) is 1.60. The van der Waals surface area contributed by atoms with Crippen LogP contribution in [0.2, 0.25) is 0 Å². The first kappa shape index (κ1) is 15.3. The van der Waals surface area contributed by atoms with Crippen molar-refractivity contribution < 1.29 is 13.9 Å². The van der Waals surface area contributed by atoms with Crippen molar-refractivity contribution in [2.24, 2.45) is 0 Å². The smallest absolute Gasteiger partial charge is 0.265 e. The molecule has 2 heterocycles. The van der Waals surface area contributed by atoms with Crippen molar-refractivity contribution in [1.82, 2.24) is 20.2 Å². The average Bonchev–Trinajstić information content (AvgIpc) is 3.22. The fraction of sp³-hybridized carbons (Fsp3) is 0.176. The number of aromatic nitrogens is 4. The van der Waals surface area contributed by atoms with Crippen molar-refractivity contribution in [3.05, 3.63) is 59.7 Å². The van der Waals surface area contributed by atoms with E-state index < -0.39 is 11.9 Å². The van der Waals surface area contributed by atoms with Crippen LogP contribution in [0.1, 0.15) is 11.4 Å². The minimum absolute atomic E-state index is 0.163. The highest BCUT2D eigenvalue weighted by molar-refractivity contribution is 5.95. The number of carbonyl (C=O) groups excluding carboxylic acids is 1. The Morgan fingerprint density at radius 3 is 2.92 bits per heavy atom. The molecule has 0 saturated heterocycles. The number of para-hydroxylation sites is 1. The third-order valence-corrected chi connectivity index (χ3v) is 4.01. The van der Waals surface area contributed by atoms with E-state index in [2.05, 4.69) is 20.8 Å². The van der Waals surface area contributed by atoms with Crippen LogP contribution in [0.15, 0.2) is 42.5 Å². The van der Waals surface area contributed by atoms with Crippen LogP contribution in [0.25, 0.3) is 5.69 Å². The molecule has 0 bridgehead atoms. The van der Waals surface area contributed by atoms with Gasteiger partial charge >= 0.3 is 0 Å². The second-order valence-corrected chi connectivity index (χ2v) is 5.71. The predicted molar refractivity (Wildman–Crippen MR) is 87.0 cm³/mol. The molecular weight excluding hydrogens is 325 g/mol. The van der Waals surface area contributed by atoms with Gasteiger partial charge in [0, 0.05) is 12.1 Å². The molecule has 0 radical (unpaired) electrons. The van der Waals surface area contributed by atoms with E-state index in [0.717, 1.165) is 5.56 Å². The first-order chi connectivity index (χ1) is 12.1. The fourth-order valence-corrected chi connectivity index (χ4v) is 2.76. The molecule has 25 heavy (non-hydrogen) atoms. The molecule has 0 fully saturated rings. The van der Waals surface area contributed by atoms with E-state index in [9.17, 15) is 9.18 Å². The number of tetrazole rings is 1. The third-order valence-electron chi connectivity index (χ3n) is 4.01. The lowest BCUT2D eigenvalue weighted by molar-refractivity contribution is -0.122. The summed E-state index contributed by atoms with van der Waals surface area (Å²) in [5.74, 6) is 0.379. The van der Waals surface area contributed by atoms with E-state index in [1.807, 2.05) is 24.3 Å². The number of halogens is 1. The van der Waals surface area contributed by atoms with Gasteiger partial charge in [0.1, 0.15) is 17.3 Å². The Balaban J connectivity index is 1.54. The number of nitrogens with one attached hydrogen (secondary N) is 1. The van der Waals surface area contributed by atoms with Gasteiger partial charge in [-0.15, -0.1) is 5.10 Å². The summed E-state index contributed by atoms with van der Waals surface area (Å²) in [5, 5.41) is 13.7. The Labute approximate surface area is 142 Å². The summed E-state index contributed by atoms with van der Waals surface area (Å²) < 4.78 is 21.0. The maximum absolute atomic E-state index is 14.1. The molecule has 1 amide bonds. The van der Waals surface area contributed by atoms with Crippen molar-refractivity contribution in [2.45, 2.75) is 19.4 Å². The number of nitrogens with zero attached hydrogens (tertiary/aromatic N) is 4. The van der Waals surface area contributed by atoms with Gasteiger partial charge in [0.05, 0.1) is 0 Å². The number of anilines is 1. The minimum atomic E-state index is -0.610. The Morgan fingerprint density at radius 2 is 2.16 bits per heavy atom. The summed E-state index contributed by atoms with van der Waals surface area (Å²) in [6, 6.07) is 11.8. The molecule has 2 aromatic carbocycles. The van der Waals surface area contributed by atoms with Gasteiger partial charge < -0.3 is 10.1 Å². The van der Waals surface area contributed by atoms with Gasteiger partial charge in [-0.25, -0.2) is 4.39 Å². The van der Waals surface area contributed by atoms with Gasteiger partial charge in [-0.1, -0.05) is 18.2 Å². The van der Waals surface area contributed by atoms with Crippen molar-refractivity contribution in [3.63, 3.8) is 0 Å². The molecule has 0 aliphatic carbocycles. The Kier molecular flexibility index (Phi) is 3.64. The Bertz CT molecular complexity index is 931. The normalized spacial score (nSPS) is 15.5. The van der Waals surface area contributed by atoms with Crippen molar-refractivity contribution in [3.8, 4) is 11.4 Å². The maximum Gasteiger partial charge on any atom is 0.265 e. The topological polar surface area (TPSA) is 81.9 Å². The standard InChI is InChI=1S/C17H14FN5O2/c1-10-20-21-22-23(10)14-9-12(6-7-13(14)18)19-17(24)16-8-11-4-2-3-5-15(11)25-16/h2-7,9,16H,8H2,1H3,(H,19,24).